The molecule has 1 heterocycles. The molecule has 16 nitrogen and oxygen atoms in total. The predicted molar refractivity (Wildman–Crippen MR) is 180 cm³/mol. The number of nitrogens with zero attached hydrogens (tertiary/aromatic N) is 1. The van der Waals surface area contributed by atoms with Crippen molar-refractivity contribution in [3.63, 3.8) is 0 Å². The monoisotopic (exact) mass is 712 g/mol. The number of hydrogen-bond acceptors (Lipinski definition) is 13. The van der Waals surface area contributed by atoms with E-state index < -0.39 is 17.8 Å². The van der Waals surface area contributed by atoms with Gasteiger partial charge in [-0.1, -0.05) is 30.0 Å². The number of benzene rings is 1. The Morgan fingerprint density at radius 3 is 2.21 bits per heavy atom. The van der Waals surface area contributed by atoms with Crippen LogP contribution in [0.2, 0.25) is 0 Å². The maximum Gasteiger partial charge on any atom is 0.321 e. The first-order valence-electron chi connectivity index (χ1n) is 15.2. The van der Waals surface area contributed by atoms with E-state index in [9.17, 15) is 24.0 Å². The van der Waals surface area contributed by atoms with Gasteiger partial charge in [-0.2, -0.15) is 0 Å². The van der Waals surface area contributed by atoms with E-state index in [1.165, 1.54) is 24.1 Å². The van der Waals surface area contributed by atoms with E-state index in [2.05, 4.69) is 26.3 Å². The van der Waals surface area contributed by atoms with Gasteiger partial charge in [-0.05, 0) is 12.5 Å². The number of thioether (sulfide) groups is 1. The summed E-state index contributed by atoms with van der Waals surface area (Å²) in [5.74, 6) is -0.143. The Bertz CT molecular complexity index is 1280. The highest BCUT2D eigenvalue weighted by atomic mass is 32.2. The minimum Gasteiger partial charge on any atom is -0.493 e. The Labute approximate surface area is 287 Å². The van der Waals surface area contributed by atoms with E-state index in [1.807, 2.05) is 18.2 Å². The number of anilines is 1. The molecule has 0 saturated carbocycles. The molecule has 0 aliphatic rings. The SMILES string of the molecule is CC(=O)SCCOCCOCCOCCOCCC(=O)NCCCOc1ccccc1CNC(=O)Nc1nc(C(=O)NCC(N)=O)cs1. The molecule has 0 aliphatic carbocycles. The lowest BCUT2D eigenvalue weighted by molar-refractivity contribution is -0.122. The van der Waals surface area contributed by atoms with Gasteiger partial charge in [0.25, 0.3) is 5.91 Å². The van der Waals surface area contributed by atoms with Crippen molar-refractivity contribution in [2.75, 3.05) is 83.6 Å². The van der Waals surface area contributed by atoms with Crippen molar-refractivity contribution in [2.45, 2.75) is 26.3 Å². The van der Waals surface area contributed by atoms with Crippen LogP contribution in [0.25, 0.3) is 0 Å². The summed E-state index contributed by atoms with van der Waals surface area (Å²) in [6, 6.07) is 6.72. The number of aromatic nitrogens is 1. The lowest BCUT2D eigenvalue weighted by atomic mass is 10.2. The van der Waals surface area contributed by atoms with Gasteiger partial charge in [0.2, 0.25) is 11.8 Å². The number of thiazole rings is 1. The van der Waals surface area contributed by atoms with E-state index in [1.54, 1.807) is 6.07 Å². The molecule has 5 amide bonds. The van der Waals surface area contributed by atoms with Crippen LogP contribution in [-0.4, -0.2) is 112 Å². The Kier molecular flexibility index (Phi) is 21.2. The molecule has 0 unspecified atom stereocenters. The first kappa shape index (κ1) is 40.4. The maximum absolute atomic E-state index is 12.4. The van der Waals surface area contributed by atoms with Gasteiger partial charge in [0.15, 0.2) is 10.2 Å². The van der Waals surface area contributed by atoms with Crippen molar-refractivity contribution in [3.8, 4) is 5.75 Å². The number of hydrogen-bond donors (Lipinski definition) is 5. The van der Waals surface area contributed by atoms with Crippen LogP contribution in [0.1, 0.15) is 35.8 Å². The number of nitrogens with one attached hydrogen (secondary N) is 4. The highest BCUT2D eigenvalue weighted by molar-refractivity contribution is 8.13. The fourth-order valence-corrected chi connectivity index (χ4v) is 4.72. The van der Waals surface area contributed by atoms with Gasteiger partial charge in [-0.15, -0.1) is 11.3 Å². The third-order valence-corrected chi connectivity index (χ3v) is 7.35. The summed E-state index contributed by atoms with van der Waals surface area (Å²) in [5, 5.41) is 12.2. The molecule has 0 atom stereocenters. The van der Waals surface area contributed by atoms with Gasteiger partial charge in [0.05, 0.1) is 66.0 Å². The van der Waals surface area contributed by atoms with Crippen LogP contribution in [0.5, 0.6) is 5.75 Å². The number of carbonyl (C=O) groups excluding carboxylic acids is 5. The molecule has 266 valence electrons. The summed E-state index contributed by atoms with van der Waals surface area (Å²) in [7, 11) is 0. The van der Waals surface area contributed by atoms with Gasteiger partial charge in [-0.25, -0.2) is 9.78 Å². The number of carbonyl (C=O) groups is 5. The minimum absolute atomic E-state index is 0.0528. The second kappa shape index (κ2) is 25.2. The third-order valence-electron chi connectivity index (χ3n) is 5.82. The van der Waals surface area contributed by atoms with Crippen molar-refractivity contribution in [2.24, 2.45) is 5.73 Å². The zero-order valence-corrected chi connectivity index (χ0v) is 28.5. The molecule has 2 rings (SSSR count). The van der Waals surface area contributed by atoms with E-state index in [-0.39, 0.29) is 48.0 Å². The molecule has 0 radical (unpaired) electrons. The smallest absolute Gasteiger partial charge is 0.321 e. The number of ether oxygens (including phenoxy) is 5. The quantitative estimate of drug-likeness (QED) is 0.0872. The van der Waals surface area contributed by atoms with E-state index in [0.717, 1.165) is 16.9 Å². The number of amides is 5. The second-order valence-corrected chi connectivity index (χ2v) is 11.8. The van der Waals surface area contributed by atoms with Crippen molar-refractivity contribution in [1.82, 2.24) is 20.9 Å². The Hall–Kier alpha value is -3.81. The molecule has 0 saturated heterocycles. The van der Waals surface area contributed by atoms with Crippen LogP contribution >= 0.6 is 23.1 Å². The molecular weight excluding hydrogens is 668 g/mol. The summed E-state index contributed by atoms with van der Waals surface area (Å²) in [4.78, 5) is 62.0. The Morgan fingerprint density at radius 1 is 0.854 bits per heavy atom. The standard InChI is InChI=1S/C30H44N6O10S2/c1-22(37)47-18-17-45-16-15-44-14-13-43-12-11-42-10-7-27(39)32-8-4-9-46-25-6-3-2-5-23(25)19-34-29(41)36-30-35-24(21-48-30)28(40)33-20-26(31)38/h2-3,5-6,21H,4,7-20H2,1H3,(H2,31,38)(H,32,39)(H,33,40)(H2,34,35,36,41). The summed E-state index contributed by atoms with van der Waals surface area (Å²) in [6.45, 7) is 5.55. The lowest BCUT2D eigenvalue weighted by Crippen LogP contribution is -2.33. The number of primary amides is 1. The normalized spacial score (nSPS) is 10.7. The lowest BCUT2D eigenvalue weighted by Gasteiger charge is -2.12. The first-order chi connectivity index (χ1) is 23.2. The Morgan fingerprint density at radius 2 is 1.52 bits per heavy atom. The van der Waals surface area contributed by atoms with Gasteiger partial charge < -0.3 is 45.4 Å². The zero-order chi connectivity index (χ0) is 34.8. The molecule has 0 aliphatic heterocycles. The van der Waals surface area contributed by atoms with Crippen LogP contribution in [-0.2, 0) is 39.9 Å². The minimum atomic E-state index is -0.680. The number of para-hydroxylation sites is 1. The highest BCUT2D eigenvalue weighted by Crippen LogP contribution is 2.19. The van der Waals surface area contributed by atoms with E-state index in [0.29, 0.717) is 77.3 Å². The Balaban J connectivity index is 1.47. The molecule has 0 spiro atoms. The van der Waals surface area contributed by atoms with Crippen LogP contribution in [0.3, 0.4) is 0 Å². The molecule has 2 aromatic rings. The maximum atomic E-state index is 12.4. The molecule has 0 fully saturated rings. The third kappa shape index (κ3) is 19.8. The first-order valence-corrected chi connectivity index (χ1v) is 17.1. The summed E-state index contributed by atoms with van der Waals surface area (Å²) in [5.41, 5.74) is 5.81. The molecule has 1 aromatic heterocycles. The highest BCUT2D eigenvalue weighted by Gasteiger charge is 2.13. The summed E-state index contributed by atoms with van der Waals surface area (Å²) < 4.78 is 27.5. The van der Waals surface area contributed by atoms with Crippen molar-refractivity contribution in [1.29, 1.82) is 0 Å². The summed E-state index contributed by atoms with van der Waals surface area (Å²) >= 11 is 2.29. The summed E-state index contributed by atoms with van der Waals surface area (Å²) in [6.07, 6.45) is 0.811. The number of rotatable bonds is 26. The number of nitrogens with two attached hydrogens (primary N) is 1. The largest absolute Gasteiger partial charge is 0.493 e. The van der Waals surface area contributed by atoms with Crippen LogP contribution in [0.15, 0.2) is 29.6 Å². The number of urea groups is 1. The van der Waals surface area contributed by atoms with E-state index in [4.69, 9.17) is 29.4 Å². The van der Waals surface area contributed by atoms with Gasteiger partial charge in [-0.3, -0.25) is 24.5 Å². The van der Waals surface area contributed by atoms with E-state index >= 15 is 0 Å². The molecule has 18 heteroatoms. The van der Waals surface area contributed by atoms with Crippen LogP contribution in [0.4, 0.5) is 9.93 Å². The second-order valence-electron chi connectivity index (χ2n) is 9.69. The topological polar surface area (TPSA) is 219 Å². The van der Waals surface area contributed by atoms with Gasteiger partial charge in [0, 0.05) is 43.1 Å². The molecule has 0 bridgehead atoms. The van der Waals surface area contributed by atoms with Gasteiger partial charge >= 0.3 is 6.03 Å². The molecule has 48 heavy (non-hydrogen) atoms. The average molecular weight is 713 g/mol. The van der Waals surface area contributed by atoms with Crippen molar-refractivity contribution in [3.05, 3.63) is 40.9 Å². The predicted octanol–water partition coefficient (Wildman–Crippen LogP) is 1.30. The van der Waals surface area contributed by atoms with Crippen LogP contribution in [0, 0.1) is 0 Å². The van der Waals surface area contributed by atoms with Crippen molar-refractivity contribution >= 4 is 57.1 Å². The van der Waals surface area contributed by atoms with Crippen molar-refractivity contribution < 1.29 is 47.7 Å². The fourth-order valence-electron chi connectivity index (χ4n) is 3.54. The zero-order valence-electron chi connectivity index (χ0n) is 26.9. The molecular formula is C30H44N6O10S2. The molecule has 1 aromatic carbocycles. The van der Waals surface area contributed by atoms with Gasteiger partial charge in [0.1, 0.15) is 11.4 Å². The van der Waals surface area contributed by atoms with Crippen LogP contribution < -0.4 is 31.7 Å². The average Bonchev–Trinajstić information content (AvgIpc) is 3.53. The fraction of sp³-hybridized carbons (Fsp3) is 0.533. The molecule has 6 N–H and O–H groups in total.